The van der Waals surface area contributed by atoms with E-state index in [2.05, 4.69) is 0 Å². The Labute approximate surface area is 170 Å². The summed E-state index contributed by atoms with van der Waals surface area (Å²) in [5.41, 5.74) is -1.83. The van der Waals surface area contributed by atoms with E-state index in [1.54, 1.807) is 0 Å². The Morgan fingerprint density at radius 3 is 1.84 bits per heavy atom. The lowest BCUT2D eigenvalue weighted by Crippen LogP contribution is -2.29. The van der Waals surface area contributed by atoms with Gasteiger partial charge in [0.15, 0.2) is 23.1 Å². The maximum atomic E-state index is 14.2. The van der Waals surface area contributed by atoms with E-state index in [0.717, 1.165) is 12.1 Å². The molecule has 0 aromatic heterocycles. The molecule has 0 unspecified atom stereocenters. The van der Waals surface area contributed by atoms with Gasteiger partial charge in [-0.3, -0.25) is 9.59 Å². The first-order valence-corrected chi connectivity index (χ1v) is 8.59. The number of benzene rings is 3. The van der Waals surface area contributed by atoms with Crippen LogP contribution in [0, 0.1) is 17.5 Å². The Bertz CT molecular complexity index is 1180. The van der Waals surface area contributed by atoms with Crippen molar-refractivity contribution in [2.24, 2.45) is 0 Å². The molecule has 1 heterocycles. The van der Waals surface area contributed by atoms with E-state index in [0.29, 0.717) is 11.0 Å². The second kappa shape index (κ2) is 7.15. The minimum absolute atomic E-state index is 0.0133. The van der Waals surface area contributed by atoms with Gasteiger partial charge in [0.05, 0.1) is 22.4 Å². The summed E-state index contributed by atoms with van der Waals surface area (Å²) in [6.45, 7) is 0. The van der Waals surface area contributed by atoms with Crippen molar-refractivity contribution in [1.82, 2.24) is 0 Å². The second-order valence-electron chi connectivity index (χ2n) is 6.47. The number of anilines is 1. The molecule has 3 aromatic rings. The molecule has 158 valence electrons. The maximum Gasteiger partial charge on any atom is 0.416 e. The fraction of sp³-hybridized carbons (Fsp3) is 0.0476. The molecule has 4 nitrogen and oxygen atoms in total. The SMILES string of the molecule is O=C1c2ccccc2C(=O)N1c1ccc(F)cc1Oc1c(F)cc(C(F)(F)F)cc1F. The topological polar surface area (TPSA) is 46.6 Å². The van der Waals surface area contributed by atoms with Gasteiger partial charge in [0.25, 0.3) is 11.8 Å². The van der Waals surface area contributed by atoms with Crippen LogP contribution in [-0.4, -0.2) is 11.8 Å². The van der Waals surface area contributed by atoms with Crippen LogP contribution in [0.15, 0.2) is 54.6 Å². The number of carbonyl (C=O) groups excluding carboxylic acids is 2. The molecule has 0 fully saturated rings. The highest BCUT2D eigenvalue weighted by Crippen LogP contribution is 2.40. The van der Waals surface area contributed by atoms with Crippen LogP contribution in [0.3, 0.4) is 0 Å². The molecular formula is C21H9F6NO3. The summed E-state index contributed by atoms with van der Waals surface area (Å²) in [5, 5.41) is 0. The zero-order valence-electron chi connectivity index (χ0n) is 15.1. The van der Waals surface area contributed by atoms with Crippen molar-refractivity contribution in [3.63, 3.8) is 0 Å². The van der Waals surface area contributed by atoms with Crippen LogP contribution >= 0.6 is 0 Å². The summed E-state index contributed by atoms with van der Waals surface area (Å²) in [6.07, 6.45) is -5.01. The Balaban J connectivity index is 1.78. The van der Waals surface area contributed by atoms with Crippen LogP contribution in [0.5, 0.6) is 11.5 Å². The summed E-state index contributed by atoms with van der Waals surface area (Å²) in [5.74, 6) is -7.82. The van der Waals surface area contributed by atoms with E-state index in [-0.39, 0.29) is 28.9 Å². The molecule has 0 bridgehead atoms. The number of rotatable bonds is 3. The molecule has 0 atom stereocenters. The van der Waals surface area contributed by atoms with Crippen molar-refractivity contribution in [3.05, 3.63) is 88.7 Å². The molecule has 1 aliphatic rings. The molecular weight excluding hydrogens is 428 g/mol. The van der Waals surface area contributed by atoms with Crippen LogP contribution in [0.2, 0.25) is 0 Å². The lowest BCUT2D eigenvalue weighted by Gasteiger charge is -2.19. The van der Waals surface area contributed by atoms with Crippen LogP contribution in [-0.2, 0) is 6.18 Å². The van der Waals surface area contributed by atoms with Crippen LogP contribution in [0.25, 0.3) is 0 Å². The van der Waals surface area contributed by atoms with Gasteiger partial charge in [0.1, 0.15) is 5.82 Å². The van der Waals surface area contributed by atoms with Gasteiger partial charge in [-0.2, -0.15) is 13.2 Å². The van der Waals surface area contributed by atoms with Gasteiger partial charge in [-0.15, -0.1) is 0 Å². The smallest absolute Gasteiger partial charge is 0.416 e. The molecule has 4 rings (SSSR count). The zero-order valence-corrected chi connectivity index (χ0v) is 15.1. The number of fused-ring (bicyclic) bond motifs is 1. The molecule has 0 saturated carbocycles. The second-order valence-corrected chi connectivity index (χ2v) is 6.47. The normalized spacial score (nSPS) is 13.5. The lowest BCUT2D eigenvalue weighted by atomic mass is 10.1. The molecule has 3 aromatic carbocycles. The molecule has 0 spiro atoms. The number of carbonyl (C=O) groups is 2. The molecule has 2 amide bonds. The molecule has 0 aliphatic carbocycles. The van der Waals surface area contributed by atoms with Crippen molar-refractivity contribution in [2.45, 2.75) is 6.18 Å². The third kappa shape index (κ3) is 3.49. The zero-order chi connectivity index (χ0) is 22.5. The first-order valence-electron chi connectivity index (χ1n) is 8.59. The molecule has 0 radical (unpaired) electrons. The quantitative estimate of drug-likeness (QED) is 0.389. The maximum absolute atomic E-state index is 14.2. The van der Waals surface area contributed by atoms with Gasteiger partial charge in [0.2, 0.25) is 0 Å². The monoisotopic (exact) mass is 437 g/mol. The van der Waals surface area contributed by atoms with Crippen molar-refractivity contribution in [1.29, 1.82) is 0 Å². The fourth-order valence-electron chi connectivity index (χ4n) is 3.09. The van der Waals surface area contributed by atoms with Gasteiger partial charge < -0.3 is 4.74 Å². The number of imide groups is 1. The number of ether oxygens (including phenoxy) is 1. The Morgan fingerprint density at radius 1 is 0.774 bits per heavy atom. The van der Waals surface area contributed by atoms with E-state index < -0.39 is 52.5 Å². The Morgan fingerprint density at radius 2 is 1.32 bits per heavy atom. The van der Waals surface area contributed by atoms with Crippen LogP contribution in [0.1, 0.15) is 26.3 Å². The van der Waals surface area contributed by atoms with Crippen molar-refractivity contribution in [3.8, 4) is 11.5 Å². The van der Waals surface area contributed by atoms with E-state index >= 15 is 0 Å². The van der Waals surface area contributed by atoms with Crippen LogP contribution in [0.4, 0.5) is 32.0 Å². The average molecular weight is 437 g/mol. The minimum atomic E-state index is -5.01. The first-order chi connectivity index (χ1) is 14.6. The fourth-order valence-corrected chi connectivity index (χ4v) is 3.09. The predicted molar refractivity (Wildman–Crippen MR) is 95.4 cm³/mol. The van der Waals surface area contributed by atoms with Crippen molar-refractivity contribution < 1.29 is 40.7 Å². The first kappa shape index (κ1) is 20.5. The number of hydrogen-bond donors (Lipinski definition) is 0. The number of nitrogens with zero attached hydrogens (tertiary/aromatic N) is 1. The summed E-state index contributed by atoms with van der Waals surface area (Å²) in [7, 11) is 0. The van der Waals surface area contributed by atoms with E-state index in [1.807, 2.05) is 0 Å². The third-order valence-electron chi connectivity index (χ3n) is 4.49. The standard InChI is InChI=1S/C21H9F6NO3/c22-11-5-6-16(28-19(29)12-3-1-2-4-13(12)20(28)30)17(9-11)31-18-14(23)7-10(8-15(18)24)21(25,26)27/h1-9H. The predicted octanol–water partition coefficient (Wildman–Crippen LogP) is 5.72. The summed E-state index contributed by atoms with van der Waals surface area (Å²) in [6, 6.07) is 8.33. The highest BCUT2D eigenvalue weighted by Gasteiger charge is 2.38. The number of amides is 2. The van der Waals surface area contributed by atoms with Crippen molar-refractivity contribution in [2.75, 3.05) is 4.90 Å². The third-order valence-corrected chi connectivity index (χ3v) is 4.49. The van der Waals surface area contributed by atoms with Crippen LogP contribution < -0.4 is 9.64 Å². The Kier molecular flexibility index (Phi) is 4.72. The molecule has 0 saturated heterocycles. The molecule has 1 aliphatic heterocycles. The average Bonchev–Trinajstić information content (AvgIpc) is 2.95. The van der Waals surface area contributed by atoms with Gasteiger partial charge >= 0.3 is 6.18 Å². The van der Waals surface area contributed by atoms with Gasteiger partial charge in [-0.1, -0.05) is 12.1 Å². The van der Waals surface area contributed by atoms with Gasteiger partial charge in [0, 0.05) is 6.07 Å². The minimum Gasteiger partial charge on any atom is -0.449 e. The molecule has 31 heavy (non-hydrogen) atoms. The summed E-state index contributed by atoms with van der Waals surface area (Å²) >= 11 is 0. The highest BCUT2D eigenvalue weighted by molar-refractivity contribution is 6.34. The lowest BCUT2D eigenvalue weighted by molar-refractivity contribution is -0.138. The number of halogens is 6. The van der Waals surface area contributed by atoms with E-state index in [4.69, 9.17) is 4.74 Å². The Hall–Kier alpha value is -3.82. The largest absolute Gasteiger partial charge is 0.449 e. The van der Waals surface area contributed by atoms with Gasteiger partial charge in [-0.05, 0) is 36.4 Å². The molecule has 0 N–H and O–H groups in total. The molecule has 10 heteroatoms. The van der Waals surface area contributed by atoms with Gasteiger partial charge in [-0.25, -0.2) is 18.1 Å². The van der Waals surface area contributed by atoms with E-state index in [9.17, 15) is 35.9 Å². The number of hydrogen-bond acceptors (Lipinski definition) is 3. The summed E-state index contributed by atoms with van der Waals surface area (Å²) < 4.78 is 85.4. The van der Waals surface area contributed by atoms with E-state index in [1.165, 1.54) is 24.3 Å². The highest BCUT2D eigenvalue weighted by atomic mass is 19.4. The summed E-state index contributed by atoms with van der Waals surface area (Å²) in [4.78, 5) is 26.0. The number of alkyl halides is 3. The van der Waals surface area contributed by atoms with Crippen molar-refractivity contribution >= 4 is 17.5 Å².